The molecule has 1 N–H and O–H groups in total. The molecule has 3 aromatic rings. The van der Waals surface area contributed by atoms with E-state index in [1.165, 1.54) is 4.57 Å². The number of nitrogens with one attached hydrogen (secondary N) is 1. The Morgan fingerprint density at radius 3 is 2.58 bits per heavy atom. The number of carbonyl (C=O) groups is 1. The van der Waals surface area contributed by atoms with Crippen LogP contribution in [0.15, 0.2) is 53.3 Å². The van der Waals surface area contributed by atoms with Crippen molar-refractivity contribution in [3.63, 3.8) is 0 Å². The lowest BCUT2D eigenvalue weighted by molar-refractivity contribution is -0.123. The molecular weight excluding hydrogens is 330 g/mol. The summed E-state index contributed by atoms with van der Waals surface area (Å²) in [5.74, 6) is 0.960. The molecule has 26 heavy (non-hydrogen) atoms. The molecule has 0 radical (unpaired) electrons. The van der Waals surface area contributed by atoms with Gasteiger partial charge in [-0.3, -0.25) is 14.2 Å². The Kier molecular flexibility index (Phi) is 3.80. The summed E-state index contributed by atoms with van der Waals surface area (Å²) in [5, 5.41) is 3.36. The van der Waals surface area contributed by atoms with Crippen LogP contribution in [0.5, 0.6) is 5.75 Å². The molecular formula is C20H17N3O3. The van der Waals surface area contributed by atoms with Gasteiger partial charge < -0.3 is 10.1 Å². The summed E-state index contributed by atoms with van der Waals surface area (Å²) < 4.78 is 6.62. The van der Waals surface area contributed by atoms with Gasteiger partial charge in [0.2, 0.25) is 5.91 Å². The zero-order valence-electron chi connectivity index (χ0n) is 14.4. The topological polar surface area (TPSA) is 73.2 Å². The number of para-hydroxylation sites is 1. The highest BCUT2D eigenvalue weighted by Gasteiger charge is 2.29. The van der Waals surface area contributed by atoms with Gasteiger partial charge in [0.15, 0.2) is 5.82 Å². The van der Waals surface area contributed by atoms with Crippen LogP contribution in [0.2, 0.25) is 0 Å². The monoisotopic (exact) mass is 347 g/mol. The first-order valence-corrected chi connectivity index (χ1v) is 8.27. The number of benzene rings is 2. The minimum absolute atomic E-state index is 0.214. The fourth-order valence-corrected chi connectivity index (χ4v) is 3.07. The molecule has 6 nitrogen and oxygen atoms in total. The lowest BCUT2D eigenvalue weighted by Crippen LogP contribution is -2.43. The largest absolute Gasteiger partial charge is 0.497 e. The van der Waals surface area contributed by atoms with Crippen molar-refractivity contribution in [2.24, 2.45) is 0 Å². The molecule has 0 unspecified atom stereocenters. The summed E-state index contributed by atoms with van der Waals surface area (Å²) in [6, 6.07) is 13.9. The Labute approximate surface area is 149 Å². The molecule has 1 atom stereocenters. The summed E-state index contributed by atoms with van der Waals surface area (Å²) in [6.07, 6.45) is 1.80. The summed E-state index contributed by atoms with van der Waals surface area (Å²) in [4.78, 5) is 29.9. The smallest absolute Gasteiger partial charge is 0.262 e. The maximum absolute atomic E-state index is 12.9. The van der Waals surface area contributed by atoms with Crippen LogP contribution in [-0.4, -0.2) is 22.6 Å². The Morgan fingerprint density at radius 1 is 1.12 bits per heavy atom. The summed E-state index contributed by atoms with van der Waals surface area (Å²) in [6.45, 7) is 1.70. The van der Waals surface area contributed by atoms with Crippen molar-refractivity contribution in [3.8, 4) is 5.75 Å². The molecule has 1 aromatic heterocycles. The van der Waals surface area contributed by atoms with Gasteiger partial charge in [-0.25, -0.2) is 4.98 Å². The normalized spacial score (nSPS) is 17.8. The van der Waals surface area contributed by atoms with Crippen LogP contribution >= 0.6 is 0 Å². The van der Waals surface area contributed by atoms with E-state index in [4.69, 9.17) is 4.74 Å². The Morgan fingerprint density at radius 2 is 1.85 bits per heavy atom. The lowest BCUT2D eigenvalue weighted by atomic mass is 10.1. The Balaban J connectivity index is 1.93. The third-order valence-corrected chi connectivity index (χ3v) is 4.50. The third kappa shape index (κ3) is 2.56. The number of methoxy groups -OCH3 is 1. The molecule has 1 amide bonds. The van der Waals surface area contributed by atoms with Crippen molar-refractivity contribution in [1.82, 2.24) is 14.9 Å². The highest BCUT2D eigenvalue weighted by Crippen LogP contribution is 2.24. The zero-order valence-corrected chi connectivity index (χ0v) is 14.4. The molecule has 2 heterocycles. The van der Waals surface area contributed by atoms with E-state index < -0.39 is 6.04 Å². The van der Waals surface area contributed by atoms with Crippen molar-refractivity contribution >= 4 is 28.6 Å². The summed E-state index contributed by atoms with van der Waals surface area (Å²) >= 11 is 0. The number of rotatable bonds is 2. The van der Waals surface area contributed by atoms with Gasteiger partial charge in [0.25, 0.3) is 5.56 Å². The second kappa shape index (κ2) is 6.15. The van der Waals surface area contributed by atoms with Gasteiger partial charge in [-0.1, -0.05) is 24.3 Å². The van der Waals surface area contributed by atoms with Crippen LogP contribution in [0.3, 0.4) is 0 Å². The number of hydrogen-bond donors (Lipinski definition) is 1. The van der Waals surface area contributed by atoms with Crippen molar-refractivity contribution < 1.29 is 9.53 Å². The van der Waals surface area contributed by atoms with Gasteiger partial charge in [-0.05, 0) is 42.8 Å². The highest BCUT2D eigenvalue weighted by molar-refractivity contribution is 5.96. The average molecular weight is 347 g/mol. The molecule has 1 aliphatic heterocycles. The first-order chi connectivity index (χ1) is 12.6. The Hall–Kier alpha value is -3.41. The van der Waals surface area contributed by atoms with E-state index in [2.05, 4.69) is 10.3 Å². The lowest BCUT2D eigenvalue weighted by Gasteiger charge is -2.26. The van der Waals surface area contributed by atoms with Gasteiger partial charge in [0.05, 0.1) is 23.7 Å². The molecule has 6 heteroatoms. The Bertz CT molecular complexity index is 1100. The predicted octanol–water partition coefficient (Wildman–Crippen LogP) is 2.59. The SMILES string of the molecule is COc1ccc(/C=C2\NC(=O)[C@H](C)n3c2nc2ccccc2c3=O)cc1. The first-order valence-electron chi connectivity index (χ1n) is 8.27. The predicted molar refractivity (Wildman–Crippen MR) is 99.7 cm³/mol. The van der Waals surface area contributed by atoms with E-state index in [1.807, 2.05) is 30.3 Å². The zero-order chi connectivity index (χ0) is 18.3. The van der Waals surface area contributed by atoms with Gasteiger partial charge in [0, 0.05) is 0 Å². The molecule has 1 aliphatic rings. The molecule has 0 saturated heterocycles. The molecule has 0 spiro atoms. The standard InChI is InChI=1S/C20H17N3O3/c1-12-19(24)22-17(11-13-7-9-14(26-2)10-8-13)18-21-16-6-4-3-5-15(16)20(25)23(12)18/h3-12H,1-2H3,(H,22,24)/b17-11-/t12-/m0/s1. The van der Waals surface area contributed by atoms with Crippen LogP contribution in [0.4, 0.5) is 0 Å². The van der Waals surface area contributed by atoms with E-state index in [-0.39, 0.29) is 11.5 Å². The van der Waals surface area contributed by atoms with Crippen LogP contribution in [0, 0.1) is 0 Å². The van der Waals surface area contributed by atoms with E-state index in [1.54, 1.807) is 38.3 Å². The molecule has 130 valence electrons. The fraction of sp³-hybridized carbons (Fsp3) is 0.150. The number of aromatic nitrogens is 2. The second-order valence-electron chi connectivity index (χ2n) is 6.12. The minimum Gasteiger partial charge on any atom is -0.497 e. The van der Waals surface area contributed by atoms with E-state index >= 15 is 0 Å². The fourth-order valence-electron chi connectivity index (χ4n) is 3.07. The van der Waals surface area contributed by atoms with E-state index in [0.717, 1.165) is 11.3 Å². The molecule has 0 aliphatic carbocycles. The molecule has 0 saturated carbocycles. The third-order valence-electron chi connectivity index (χ3n) is 4.50. The second-order valence-corrected chi connectivity index (χ2v) is 6.12. The molecule has 0 bridgehead atoms. The van der Waals surface area contributed by atoms with Crippen molar-refractivity contribution in [2.45, 2.75) is 13.0 Å². The van der Waals surface area contributed by atoms with E-state index in [9.17, 15) is 9.59 Å². The van der Waals surface area contributed by atoms with E-state index in [0.29, 0.717) is 22.4 Å². The van der Waals surface area contributed by atoms with Gasteiger partial charge in [-0.15, -0.1) is 0 Å². The molecule has 4 rings (SSSR count). The van der Waals surface area contributed by atoms with Crippen LogP contribution in [0.25, 0.3) is 22.7 Å². The number of nitrogens with zero attached hydrogens (tertiary/aromatic N) is 2. The van der Waals surface area contributed by atoms with Gasteiger partial charge in [0.1, 0.15) is 11.8 Å². The van der Waals surface area contributed by atoms with Crippen LogP contribution < -0.4 is 15.6 Å². The quantitative estimate of drug-likeness (QED) is 0.773. The first kappa shape index (κ1) is 16.1. The molecule has 0 fully saturated rings. The van der Waals surface area contributed by atoms with Gasteiger partial charge >= 0.3 is 0 Å². The van der Waals surface area contributed by atoms with Crippen LogP contribution in [0.1, 0.15) is 24.4 Å². The highest BCUT2D eigenvalue weighted by atomic mass is 16.5. The van der Waals surface area contributed by atoms with Crippen molar-refractivity contribution in [1.29, 1.82) is 0 Å². The van der Waals surface area contributed by atoms with Crippen LogP contribution in [-0.2, 0) is 4.79 Å². The maximum Gasteiger partial charge on any atom is 0.262 e. The summed E-state index contributed by atoms with van der Waals surface area (Å²) in [7, 11) is 1.61. The van der Waals surface area contributed by atoms with Crippen molar-refractivity contribution in [2.75, 3.05) is 7.11 Å². The van der Waals surface area contributed by atoms with Crippen molar-refractivity contribution in [3.05, 3.63) is 70.3 Å². The number of ether oxygens (including phenoxy) is 1. The van der Waals surface area contributed by atoms with Gasteiger partial charge in [-0.2, -0.15) is 0 Å². The average Bonchev–Trinajstić information content (AvgIpc) is 2.66. The number of fused-ring (bicyclic) bond motifs is 2. The maximum atomic E-state index is 12.9. The molecule has 2 aromatic carbocycles. The number of amides is 1. The number of carbonyl (C=O) groups excluding carboxylic acids is 1. The summed E-state index contributed by atoms with van der Waals surface area (Å²) in [5.41, 5.74) is 1.76. The number of hydrogen-bond acceptors (Lipinski definition) is 4. The minimum atomic E-state index is -0.623.